The minimum Gasteiger partial charge on any atom is -0.454 e. The molecule has 3 heterocycles. The zero-order valence-electron chi connectivity index (χ0n) is 14.8. The standard InChI is InChI=1S/C20H16N4O2S/c1-12-3-6-15(7-4-12)24-13(2)19(22-23-24)20-21-16(10-27-20)14-5-8-17-18(9-14)26-11-25-17/h3-10H,11H2,1-2H3. The smallest absolute Gasteiger partial charge is 0.231 e. The zero-order valence-corrected chi connectivity index (χ0v) is 15.7. The third-order valence-corrected chi connectivity index (χ3v) is 5.40. The molecule has 0 saturated heterocycles. The van der Waals surface area contributed by atoms with E-state index in [1.807, 2.05) is 47.3 Å². The van der Waals surface area contributed by atoms with Crippen LogP contribution in [-0.2, 0) is 0 Å². The van der Waals surface area contributed by atoms with E-state index < -0.39 is 0 Å². The highest BCUT2D eigenvalue weighted by molar-refractivity contribution is 7.13. The van der Waals surface area contributed by atoms with Crippen LogP contribution in [0.15, 0.2) is 47.8 Å². The normalized spacial score (nSPS) is 12.5. The molecule has 2 aromatic heterocycles. The van der Waals surface area contributed by atoms with Gasteiger partial charge >= 0.3 is 0 Å². The van der Waals surface area contributed by atoms with Gasteiger partial charge in [-0.25, -0.2) is 9.67 Å². The fraction of sp³-hybridized carbons (Fsp3) is 0.150. The summed E-state index contributed by atoms with van der Waals surface area (Å²) in [5.74, 6) is 1.52. The number of aromatic nitrogens is 4. The Balaban J connectivity index is 1.49. The number of nitrogens with zero attached hydrogens (tertiary/aromatic N) is 4. The summed E-state index contributed by atoms with van der Waals surface area (Å²) in [7, 11) is 0. The predicted molar refractivity (Wildman–Crippen MR) is 104 cm³/mol. The maximum absolute atomic E-state index is 5.46. The Morgan fingerprint density at radius 1 is 1.00 bits per heavy atom. The van der Waals surface area contributed by atoms with Gasteiger partial charge in [0.05, 0.1) is 17.1 Å². The second kappa shape index (κ2) is 6.21. The van der Waals surface area contributed by atoms with E-state index >= 15 is 0 Å². The summed E-state index contributed by atoms with van der Waals surface area (Å²) < 4.78 is 12.7. The molecule has 0 amide bonds. The first-order valence-electron chi connectivity index (χ1n) is 8.54. The molecule has 0 atom stereocenters. The summed E-state index contributed by atoms with van der Waals surface area (Å²) in [5.41, 5.74) is 5.84. The summed E-state index contributed by atoms with van der Waals surface area (Å²) in [6.45, 7) is 4.34. The molecule has 6 nitrogen and oxygen atoms in total. The van der Waals surface area contributed by atoms with E-state index in [4.69, 9.17) is 14.5 Å². The van der Waals surface area contributed by atoms with Crippen LogP contribution >= 0.6 is 11.3 Å². The van der Waals surface area contributed by atoms with Gasteiger partial charge in [-0.3, -0.25) is 0 Å². The van der Waals surface area contributed by atoms with Gasteiger partial charge in [-0.05, 0) is 44.2 Å². The van der Waals surface area contributed by atoms with Crippen LogP contribution in [0.25, 0.3) is 27.6 Å². The predicted octanol–water partition coefficient (Wildman–Crippen LogP) is 4.40. The monoisotopic (exact) mass is 376 g/mol. The van der Waals surface area contributed by atoms with Crippen LogP contribution in [0.4, 0.5) is 0 Å². The molecule has 0 aliphatic carbocycles. The first kappa shape index (κ1) is 16.0. The largest absolute Gasteiger partial charge is 0.454 e. The van der Waals surface area contributed by atoms with Gasteiger partial charge in [0.25, 0.3) is 0 Å². The molecule has 0 spiro atoms. The van der Waals surface area contributed by atoms with Gasteiger partial charge in [0.1, 0.15) is 10.7 Å². The van der Waals surface area contributed by atoms with Gasteiger partial charge in [0, 0.05) is 10.9 Å². The van der Waals surface area contributed by atoms with Gasteiger partial charge in [-0.2, -0.15) is 0 Å². The van der Waals surface area contributed by atoms with Crippen molar-refractivity contribution in [2.45, 2.75) is 13.8 Å². The van der Waals surface area contributed by atoms with Crippen molar-refractivity contribution in [2.24, 2.45) is 0 Å². The number of fused-ring (bicyclic) bond motifs is 1. The number of hydrogen-bond acceptors (Lipinski definition) is 6. The molecule has 4 aromatic rings. The number of aryl methyl sites for hydroxylation is 1. The van der Waals surface area contributed by atoms with Crippen molar-refractivity contribution in [1.29, 1.82) is 0 Å². The van der Waals surface area contributed by atoms with Crippen LogP contribution in [0.2, 0.25) is 0 Å². The molecule has 0 saturated carbocycles. The molecule has 0 unspecified atom stereocenters. The van der Waals surface area contributed by atoms with Crippen molar-refractivity contribution >= 4 is 11.3 Å². The Morgan fingerprint density at radius 2 is 1.81 bits per heavy atom. The SMILES string of the molecule is Cc1ccc(-n2nnc(-c3nc(-c4ccc5c(c4)OCO5)cs3)c2C)cc1. The minimum absolute atomic E-state index is 0.266. The van der Waals surface area contributed by atoms with E-state index in [1.54, 1.807) is 11.3 Å². The zero-order chi connectivity index (χ0) is 18.4. The highest BCUT2D eigenvalue weighted by Crippen LogP contribution is 2.37. The summed E-state index contributed by atoms with van der Waals surface area (Å²) in [6.07, 6.45) is 0. The number of ether oxygens (including phenoxy) is 2. The van der Waals surface area contributed by atoms with Crippen molar-refractivity contribution in [3.05, 3.63) is 59.1 Å². The fourth-order valence-corrected chi connectivity index (χ4v) is 3.89. The molecule has 0 N–H and O–H groups in total. The Kier molecular flexibility index (Phi) is 3.68. The Hall–Kier alpha value is -3.19. The van der Waals surface area contributed by atoms with Gasteiger partial charge in [-0.1, -0.05) is 22.9 Å². The van der Waals surface area contributed by atoms with E-state index in [9.17, 15) is 0 Å². The van der Waals surface area contributed by atoms with Crippen molar-refractivity contribution in [3.63, 3.8) is 0 Å². The highest BCUT2D eigenvalue weighted by atomic mass is 32.1. The Labute approximate surface area is 160 Å². The van der Waals surface area contributed by atoms with Gasteiger partial charge in [0.2, 0.25) is 6.79 Å². The van der Waals surface area contributed by atoms with E-state index in [-0.39, 0.29) is 6.79 Å². The summed E-state index contributed by atoms with van der Waals surface area (Å²) in [6, 6.07) is 14.1. The number of benzene rings is 2. The average Bonchev–Trinajstić information content (AvgIpc) is 3.41. The molecular weight excluding hydrogens is 360 g/mol. The van der Waals surface area contributed by atoms with Crippen LogP contribution in [0.1, 0.15) is 11.3 Å². The lowest BCUT2D eigenvalue weighted by atomic mass is 10.1. The summed E-state index contributed by atoms with van der Waals surface area (Å²) in [4.78, 5) is 4.76. The topological polar surface area (TPSA) is 62.1 Å². The molecule has 0 bridgehead atoms. The van der Waals surface area contributed by atoms with Gasteiger partial charge in [0.15, 0.2) is 11.5 Å². The van der Waals surface area contributed by atoms with Gasteiger partial charge in [-0.15, -0.1) is 16.4 Å². The first-order chi connectivity index (χ1) is 13.2. The summed E-state index contributed by atoms with van der Waals surface area (Å²) in [5, 5.41) is 11.6. The second-order valence-electron chi connectivity index (χ2n) is 6.38. The highest BCUT2D eigenvalue weighted by Gasteiger charge is 2.18. The fourth-order valence-electron chi connectivity index (χ4n) is 3.03. The minimum atomic E-state index is 0.266. The molecular formula is C20H16N4O2S. The molecule has 134 valence electrons. The molecule has 7 heteroatoms. The number of rotatable bonds is 3. The maximum Gasteiger partial charge on any atom is 0.231 e. The lowest BCUT2D eigenvalue weighted by Gasteiger charge is -2.03. The second-order valence-corrected chi connectivity index (χ2v) is 7.23. The van der Waals surface area contributed by atoms with Crippen molar-refractivity contribution in [3.8, 4) is 39.1 Å². The lowest BCUT2D eigenvalue weighted by molar-refractivity contribution is 0.174. The molecule has 1 aliphatic rings. The van der Waals surface area contributed by atoms with Crippen LogP contribution in [0, 0.1) is 13.8 Å². The summed E-state index contributed by atoms with van der Waals surface area (Å²) >= 11 is 1.56. The van der Waals surface area contributed by atoms with Crippen LogP contribution in [-0.4, -0.2) is 26.8 Å². The first-order valence-corrected chi connectivity index (χ1v) is 9.42. The number of hydrogen-bond donors (Lipinski definition) is 0. The quantitative estimate of drug-likeness (QED) is 0.530. The molecule has 1 aliphatic heterocycles. The third kappa shape index (κ3) is 2.76. The van der Waals surface area contributed by atoms with Gasteiger partial charge < -0.3 is 9.47 Å². The van der Waals surface area contributed by atoms with Crippen molar-refractivity contribution < 1.29 is 9.47 Å². The van der Waals surface area contributed by atoms with Crippen LogP contribution < -0.4 is 9.47 Å². The lowest BCUT2D eigenvalue weighted by Crippen LogP contribution is -1.98. The number of thiazole rings is 1. The molecule has 2 aromatic carbocycles. The third-order valence-electron chi connectivity index (χ3n) is 4.55. The average molecular weight is 376 g/mol. The molecule has 0 fully saturated rings. The van der Waals surface area contributed by atoms with E-state index in [0.29, 0.717) is 0 Å². The van der Waals surface area contributed by atoms with Crippen molar-refractivity contribution in [1.82, 2.24) is 20.0 Å². The van der Waals surface area contributed by atoms with E-state index in [2.05, 4.69) is 29.4 Å². The van der Waals surface area contributed by atoms with Crippen LogP contribution in [0.3, 0.4) is 0 Å². The van der Waals surface area contributed by atoms with Crippen molar-refractivity contribution in [2.75, 3.05) is 6.79 Å². The Bertz CT molecular complexity index is 1130. The maximum atomic E-state index is 5.46. The van der Waals surface area contributed by atoms with Crippen LogP contribution in [0.5, 0.6) is 11.5 Å². The van der Waals surface area contributed by atoms with E-state index in [0.717, 1.165) is 44.8 Å². The molecule has 0 radical (unpaired) electrons. The van der Waals surface area contributed by atoms with E-state index in [1.165, 1.54) is 5.56 Å². The molecule has 5 rings (SSSR count). The molecule has 27 heavy (non-hydrogen) atoms. The Morgan fingerprint density at radius 3 is 2.67 bits per heavy atom.